The van der Waals surface area contributed by atoms with E-state index in [1.807, 2.05) is 7.05 Å². The Hall–Kier alpha value is -0.820. The molecule has 0 bridgehead atoms. The van der Waals surface area contributed by atoms with Gasteiger partial charge in [-0.15, -0.1) is 0 Å². The molecular weight excluding hydrogens is 247 g/mol. The van der Waals surface area contributed by atoms with Gasteiger partial charge in [0.15, 0.2) is 0 Å². The van der Waals surface area contributed by atoms with Crippen molar-refractivity contribution in [1.82, 2.24) is 15.1 Å². The van der Waals surface area contributed by atoms with Crippen molar-refractivity contribution in [2.24, 2.45) is 0 Å². The zero-order valence-electron chi connectivity index (χ0n) is 10.8. The van der Waals surface area contributed by atoms with E-state index in [4.69, 9.17) is 0 Å². The maximum atomic E-state index is 11.9. The Kier molecular flexibility index (Phi) is 5.40. The third-order valence-corrected chi connectivity index (χ3v) is 3.23. The molecule has 1 fully saturated rings. The zero-order chi connectivity index (χ0) is 13.8. The summed E-state index contributed by atoms with van der Waals surface area (Å²) in [5.41, 5.74) is 0. The summed E-state index contributed by atoms with van der Waals surface area (Å²) in [6, 6.07) is 0.140. The first-order chi connectivity index (χ1) is 8.29. The Labute approximate surface area is 105 Å². The second-order valence-electron chi connectivity index (χ2n) is 4.76. The van der Waals surface area contributed by atoms with Gasteiger partial charge in [0.1, 0.15) is 0 Å². The molecule has 1 saturated heterocycles. The van der Waals surface area contributed by atoms with Crippen molar-refractivity contribution in [2.45, 2.75) is 25.1 Å². The van der Waals surface area contributed by atoms with Crippen molar-refractivity contribution < 1.29 is 18.0 Å². The smallest absolute Gasteiger partial charge is 0.342 e. The van der Waals surface area contributed by atoms with Gasteiger partial charge in [-0.2, -0.15) is 13.2 Å². The van der Waals surface area contributed by atoms with E-state index in [2.05, 4.69) is 10.2 Å². The lowest BCUT2D eigenvalue weighted by atomic mass is 10.0. The highest BCUT2D eigenvalue weighted by Gasteiger charge is 2.28. The lowest BCUT2D eigenvalue weighted by molar-refractivity contribution is -0.135. The summed E-state index contributed by atoms with van der Waals surface area (Å²) in [4.78, 5) is 15.4. The minimum absolute atomic E-state index is 0.140. The van der Waals surface area contributed by atoms with E-state index in [1.54, 1.807) is 11.9 Å². The van der Waals surface area contributed by atoms with Crippen molar-refractivity contribution >= 4 is 5.91 Å². The molecule has 0 saturated carbocycles. The molecule has 0 aromatic carbocycles. The first kappa shape index (κ1) is 15.2. The van der Waals surface area contributed by atoms with Gasteiger partial charge in [-0.05, 0) is 33.0 Å². The van der Waals surface area contributed by atoms with Gasteiger partial charge >= 0.3 is 6.18 Å². The number of amides is 1. The van der Waals surface area contributed by atoms with Crippen LogP contribution in [0.3, 0.4) is 0 Å². The molecule has 0 radical (unpaired) electrons. The minimum atomic E-state index is -4.27. The number of carbonyl (C=O) groups excluding carboxylic acids is 1. The Balaban J connectivity index is 2.28. The summed E-state index contributed by atoms with van der Waals surface area (Å²) in [7, 11) is 3.68. The number of nitrogens with one attached hydrogen (secondary N) is 1. The van der Waals surface area contributed by atoms with Crippen LogP contribution in [-0.2, 0) is 4.79 Å². The van der Waals surface area contributed by atoms with Gasteiger partial charge in [-0.1, -0.05) is 0 Å². The fourth-order valence-electron chi connectivity index (χ4n) is 2.02. The number of piperidine rings is 1. The van der Waals surface area contributed by atoms with Crippen LogP contribution in [0.15, 0.2) is 0 Å². The standard InChI is InChI=1S/C11H20F3N3O/c1-16-5-3-9(4-6-16)17(2)10(18)7-15-8-11(12,13)14/h9,15H,3-8H2,1-2H3. The quantitative estimate of drug-likeness (QED) is 0.814. The molecule has 0 aromatic rings. The highest BCUT2D eigenvalue weighted by atomic mass is 19.4. The molecule has 1 amide bonds. The van der Waals surface area contributed by atoms with E-state index < -0.39 is 12.7 Å². The van der Waals surface area contributed by atoms with Crippen LogP contribution in [0.2, 0.25) is 0 Å². The number of alkyl halides is 3. The molecule has 0 atom stereocenters. The molecule has 0 unspecified atom stereocenters. The van der Waals surface area contributed by atoms with Crippen molar-refractivity contribution in [3.63, 3.8) is 0 Å². The minimum Gasteiger partial charge on any atom is -0.342 e. The van der Waals surface area contributed by atoms with Crippen molar-refractivity contribution in [2.75, 3.05) is 40.3 Å². The predicted molar refractivity (Wildman–Crippen MR) is 62.2 cm³/mol. The van der Waals surface area contributed by atoms with Gasteiger partial charge in [-0.25, -0.2) is 0 Å². The third-order valence-electron chi connectivity index (χ3n) is 3.23. The second-order valence-corrected chi connectivity index (χ2v) is 4.76. The zero-order valence-corrected chi connectivity index (χ0v) is 10.8. The molecule has 0 spiro atoms. The number of hydrogen-bond acceptors (Lipinski definition) is 3. The monoisotopic (exact) mass is 267 g/mol. The van der Waals surface area contributed by atoms with Gasteiger partial charge in [0.2, 0.25) is 5.91 Å². The fourth-order valence-corrected chi connectivity index (χ4v) is 2.02. The summed E-state index contributed by atoms with van der Waals surface area (Å²) in [6.45, 7) is 0.443. The van der Waals surface area contributed by atoms with E-state index in [9.17, 15) is 18.0 Å². The number of nitrogens with zero attached hydrogens (tertiary/aromatic N) is 2. The number of likely N-dealkylation sites (tertiary alicyclic amines) is 1. The highest BCUT2D eigenvalue weighted by molar-refractivity contribution is 5.78. The average Bonchev–Trinajstić information content (AvgIpc) is 2.27. The van der Waals surface area contributed by atoms with Gasteiger partial charge in [-0.3, -0.25) is 4.79 Å². The number of carbonyl (C=O) groups is 1. The normalized spacial score (nSPS) is 18.9. The summed E-state index contributed by atoms with van der Waals surface area (Å²) in [6.07, 6.45) is -2.53. The second kappa shape index (κ2) is 6.38. The molecule has 1 aliphatic heterocycles. The predicted octanol–water partition coefficient (Wildman–Crippen LogP) is 0.691. The molecule has 1 aliphatic rings. The van der Waals surface area contributed by atoms with Crippen molar-refractivity contribution in [3.8, 4) is 0 Å². The van der Waals surface area contributed by atoms with Crippen molar-refractivity contribution in [3.05, 3.63) is 0 Å². The number of hydrogen-bond donors (Lipinski definition) is 1. The maximum Gasteiger partial charge on any atom is 0.401 e. The first-order valence-corrected chi connectivity index (χ1v) is 6.01. The Bertz CT molecular complexity index is 275. The molecule has 0 aliphatic carbocycles. The van der Waals surface area contributed by atoms with E-state index in [0.717, 1.165) is 25.9 Å². The number of rotatable bonds is 4. The molecule has 1 N–H and O–H groups in total. The van der Waals surface area contributed by atoms with Crippen LogP contribution in [-0.4, -0.2) is 68.2 Å². The van der Waals surface area contributed by atoms with Crippen LogP contribution in [0.25, 0.3) is 0 Å². The Morgan fingerprint density at radius 1 is 1.39 bits per heavy atom. The molecular formula is C11H20F3N3O. The van der Waals surface area contributed by atoms with Crippen LogP contribution in [0.5, 0.6) is 0 Å². The summed E-state index contributed by atoms with van der Waals surface area (Å²) < 4.78 is 35.7. The highest BCUT2D eigenvalue weighted by Crippen LogP contribution is 2.14. The molecule has 18 heavy (non-hydrogen) atoms. The first-order valence-electron chi connectivity index (χ1n) is 6.01. The van der Waals surface area contributed by atoms with Gasteiger partial charge < -0.3 is 15.1 Å². The van der Waals surface area contributed by atoms with Gasteiger partial charge in [0.05, 0.1) is 13.1 Å². The lowest BCUT2D eigenvalue weighted by Gasteiger charge is -2.35. The van der Waals surface area contributed by atoms with Crippen LogP contribution < -0.4 is 5.32 Å². The number of halogens is 3. The van der Waals surface area contributed by atoms with E-state index in [-0.39, 0.29) is 18.5 Å². The largest absolute Gasteiger partial charge is 0.401 e. The third kappa shape index (κ3) is 5.22. The summed E-state index contributed by atoms with van der Waals surface area (Å²) in [5, 5.41) is 2.13. The van der Waals surface area contributed by atoms with Crippen LogP contribution >= 0.6 is 0 Å². The summed E-state index contributed by atoms with van der Waals surface area (Å²) in [5.74, 6) is -0.284. The number of likely N-dealkylation sites (N-methyl/N-ethyl adjacent to an activating group) is 1. The molecule has 7 heteroatoms. The van der Waals surface area contributed by atoms with E-state index >= 15 is 0 Å². The molecule has 0 aromatic heterocycles. The van der Waals surface area contributed by atoms with Gasteiger partial charge in [0.25, 0.3) is 0 Å². The lowest BCUT2D eigenvalue weighted by Crippen LogP contribution is -2.47. The average molecular weight is 267 g/mol. The van der Waals surface area contributed by atoms with Gasteiger partial charge in [0, 0.05) is 13.1 Å². The molecule has 106 valence electrons. The van der Waals surface area contributed by atoms with E-state index in [1.165, 1.54) is 0 Å². The SMILES string of the molecule is CN1CCC(N(C)C(=O)CNCC(F)(F)F)CC1. The summed E-state index contributed by atoms with van der Waals surface area (Å²) >= 11 is 0. The molecule has 1 heterocycles. The van der Waals surface area contributed by atoms with Crippen molar-refractivity contribution in [1.29, 1.82) is 0 Å². The molecule has 4 nitrogen and oxygen atoms in total. The topological polar surface area (TPSA) is 35.6 Å². The maximum absolute atomic E-state index is 11.9. The van der Waals surface area contributed by atoms with Crippen LogP contribution in [0.4, 0.5) is 13.2 Å². The van der Waals surface area contributed by atoms with Crippen LogP contribution in [0, 0.1) is 0 Å². The Morgan fingerprint density at radius 3 is 2.44 bits per heavy atom. The fraction of sp³-hybridized carbons (Fsp3) is 0.909. The van der Waals surface area contributed by atoms with Crippen LogP contribution in [0.1, 0.15) is 12.8 Å². The Morgan fingerprint density at radius 2 is 1.94 bits per heavy atom. The molecule has 1 rings (SSSR count). The van der Waals surface area contributed by atoms with E-state index in [0.29, 0.717) is 0 Å².